The first-order valence-corrected chi connectivity index (χ1v) is 48.2. The Morgan fingerprint density at radius 2 is 0.458 bits per heavy atom. The minimum atomic E-state index is 0.628. The van der Waals surface area contributed by atoms with Crippen LogP contribution in [0.1, 0.15) is 0 Å². The van der Waals surface area contributed by atoms with Gasteiger partial charge in [0.25, 0.3) is 0 Å². The van der Waals surface area contributed by atoms with Gasteiger partial charge in [-0.25, -0.2) is 44.9 Å². The maximum Gasteiger partial charge on any atom is 0.165 e. The van der Waals surface area contributed by atoms with Crippen molar-refractivity contribution in [2.45, 2.75) is 0 Å². The van der Waals surface area contributed by atoms with E-state index in [2.05, 4.69) is 340 Å². The smallest absolute Gasteiger partial charge is 0.165 e. The third kappa shape index (κ3) is 14.9. The molecule has 142 heavy (non-hydrogen) atoms. The Bertz CT molecular complexity index is 10100. The van der Waals surface area contributed by atoms with E-state index in [9.17, 15) is 0 Å². The molecular weight excluding hydrogens is 1760 g/mol. The molecule has 0 spiro atoms. The Hall–Kier alpha value is -19.0. The number of para-hydroxylation sites is 3. The molecule has 0 aliphatic heterocycles. The van der Waals surface area contributed by atoms with Gasteiger partial charge in [-0.05, 0) is 167 Å². The van der Waals surface area contributed by atoms with Crippen molar-refractivity contribution in [1.29, 1.82) is 0 Å². The number of aromatic nitrogens is 9. The molecule has 7 aromatic heterocycles. The molecule has 0 radical (unpaired) electrons. The highest BCUT2D eigenvalue weighted by Crippen LogP contribution is 2.46. The molecule has 13 heteroatoms. The van der Waals surface area contributed by atoms with Gasteiger partial charge in [-0.2, -0.15) is 0 Å². The van der Waals surface area contributed by atoms with Crippen molar-refractivity contribution in [1.82, 2.24) is 44.9 Å². The van der Waals surface area contributed by atoms with E-state index in [4.69, 9.17) is 58.1 Å². The fourth-order valence-corrected chi connectivity index (χ4v) is 21.4. The lowest BCUT2D eigenvalue weighted by Gasteiger charge is -2.13. The fourth-order valence-electron chi connectivity index (χ4n) is 20.2. The average Bonchev–Trinajstić information content (AvgIpc) is 0.849. The molecule has 0 N–H and O–H groups in total. The standard InChI is InChI=1S/C45H27N3O.C43H25N3OS.C41H25N3O/c1-2-11-29(12-3-1)43-46-44(48-45(47-43)40-27-32-13-4-5-16-34(32)35-17-6-7-18-36(35)40)33-15-10-14-30(25-33)31-22-21-28-23-24-38-37-19-8-9-20-41(37)49-42(38)39(28)26-31;1-2-11-26(12-3-1)41-44-42(46-43(45-41)36-20-10-19-35-32-16-5-7-22-38(32)48-40(35)36)28-14-8-13-27(25-28)29-17-9-18-33-30(29)23-24-34-31-15-4-6-21-37(31)47-39(33)34;1-2-9-29(10-3-1)39-42-40(44-41(43-39)33-21-16-26-8-4-5-11-31(26)24-33)30-18-14-27(15-19-30)32-20-17-28-22-23-35-34-12-6-7-13-37(34)45-38(35)36(28)25-32/h1-27H;1-25H;1-25H. The predicted molar refractivity (Wildman–Crippen MR) is 584 cm³/mol. The minimum Gasteiger partial charge on any atom is -0.455 e. The second kappa shape index (κ2) is 34.7. The first-order valence-electron chi connectivity index (χ1n) is 47.4. The molecule has 7 heterocycles. The van der Waals surface area contributed by atoms with Crippen molar-refractivity contribution in [3.05, 3.63) is 467 Å². The van der Waals surface area contributed by atoms with Crippen molar-refractivity contribution in [2.75, 3.05) is 0 Å². The van der Waals surface area contributed by atoms with Crippen LogP contribution < -0.4 is 0 Å². The largest absolute Gasteiger partial charge is 0.455 e. The third-order valence-electron chi connectivity index (χ3n) is 27.2. The molecule has 0 aliphatic rings. The molecule has 0 fully saturated rings. The second-order valence-corrected chi connectivity index (χ2v) is 36.7. The fraction of sp³-hybridized carbons (Fsp3) is 0. The molecular formula is C129H77N9O3S. The van der Waals surface area contributed by atoms with Crippen LogP contribution in [0.5, 0.6) is 0 Å². The molecule has 0 aliphatic carbocycles. The highest BCUT2D eigenvalue weighted by molar-refractivity contribution is 7.26. The summed E-state index contributed by atoms with van der Waals surface area (Å²) in [5.74, 6) is 5.81. The van der Waals surface area contributed by atoms with Crippen LogP contribution in [-0.4, -0.2) is 44.9 Å². The van der Waals surface area contributed by atoms with Gasteiger partial charge in [0, 0.05) is 119 Å². The van der Waals surface area contributed by atoms with Crippen LogP contribution in [0.3, 0.4) is 0 Å². The van der Waals surface area contributed by atoms with Gasteiger partial charge < -0.3 is 13.3 Å². The zero-order valence-electron chi connectivity index (χ0n) is 76.1. The van der Waals surface area contributed by atoms with Crippen LogP contribution in [0.4, 0.5) is 0 Å². The Balaban J connectivity index is 0.000000107. The summed E-state index contributed by atoms with van der Waals surface area (Å²) in [5, 5.41) is 23.0. The molecule has 0 saturated heterocycles. The van der Waals surface area contributed by atoms with Gasteiger partial charge in [0.15, 0.2) is 52.4 Å². The van der Waals surface area contributed by atoms with Crippen molar-refractivity contribution in [2.24, 2.45) is 0 Å². The zero-order valence-corrected chi connectivity index (χ0v) is 76.9. The molecule has 0 unspecified atom stereocenters. The van der Waals surface area contributed by atoms with Gasteiger partial charge in [-0.3, -0.25) is 0 Å². The van der Waals surface area contributed by atoms with Crippen LogP contribution >= 0.6 is 11.3 Å². The summed E-state index contributed by atoms with van der Waals surface area (Å²) < 4.78 is 21.5. The van der Waals surface area contributed by atoms with Gasteiger partial charge in [-0.15, -0.1) is 11.3 Å². The SMILES string of the molecule is c1ccc(-c2nc(-c3ccc(-c4ccc5ccc6c7ccccc7oc6c5c4)cc3)nc(-c3ccc4ccccc4c3)n2)cc1.c1ccc(-c2nc(-c3cccc(-c4ccc5ccc6c7ccccc7oc6c5c4)c3)nc(-c3cc4ccccc4c4ccccc34)n2)cc1.c1ccc(-c2nc(-c3cccc(-c4cccc5c4ccc4c6ccccc6oc54)c3)nc(-c3cccc4c3sc3ccccc34)n2)cc1. The number of nitrogens with zero attached hydrogens (tertiary/aromatic N) is 9. The maximum absolute atomic E-state index is 6.39. The first-order chi connectivity index (χ1) is 70.3. The predicted octanol–water partition coefficient (Wildman–Crippen LogP) is 34.6. The van der Waals surface area contributed by atoms with Crippen LogP contribution in [0, 0.1) is 0 Å². The number of hydrogen-bond acceptors (Lipinski definition) is 13. The van der Waals surface area contributed by atoms with Crippen LogP contribution in [0.25, 0.3) is 286 Å². The van der Waals surface area contributed by atoms with Crippen molar-refractivity contribution in [3.8, 4) is 136 Å². The van der Waals surface area contributed by atoms with Crippen LogP contribution in [-0.2, 0) is 0 Å². The highest BCUT2D eigenvalue weighted by Gasteiger charge is 2.24. The van der Waals surface area contributed by atoms with E-state index in [0.717, 1.165) is 198 Å². The number of rotatable bonds is 12. The molecule has 0 bridgehead atoms. The topological polar surface area (TPSA) is 155 Å². The molecule has 12 nitrogen and oxygen atoms in total. The Morgan fingerprint density at radius 3 is 1.02 bits per heavy atom. The van der Waals surface area contributed by atoms with E-state index in [0.29, 0.717) is 52.4 Å². The second-order valence-electron chi connectivity index (χ2n) is 35.7. The van der Waals surface area contributed by atoms with Crippen LogP contribution in [0.2, 0.25) is 0 Å². The normalized spacial score (nSPS) is 11.7. The molecule has 0 saturated carbocycles. The first kappa shape index (κ1) is 82.5. The van der Waals surface area contributed by atoms with E-state index in [-0.39, 0.29) is 0 Å². The van der Waals surface area contributed by atoms with Gasteiger partial charge >= 0.3 is 0 Å². The number of thiophene rings is 1. The van der Waals surface area contributed by atoms with E-state index >= 15 is 0 Å². The molecule has 29 rings (SSSR count). The summed E-state index contributed by atoms with van der Waals surface area (Å²) in [6.07, 6.45) is 0. The maximum atomic E-state index is 6.39. The lowest BCUT2D eigenvalue weighted by Crippen LogP contribution is -2.01. The van der Waals surface area contributed by atoms with Gasteiger partial charge in [0.2, 0.25) is 0 Å². The quantitative estimate of drug-likeness (QED) is 0.107. The van der Waals surface area contributed by atoms with Crippen molar-refractivity contribution < 1.29 is 13.3 Å². The van der Waals surface area contributed by atoms with E-state index in [1.54, 1.807) is 11.3 Å². The van der Waals surface area contributed by atoms with E-state index in [1.165, 1.54) is 36.3 Å². The van der Waals surface area contributed by atoms with Gasteiger partial charge in [0.1, 0.15) is 33.5 Å². The van der Waals surface area contributed by atoms with Crippen molar-refractivity contribution in [3.63, 3.8) is 0 Å². The summed E-state index contributed by atoms with van der Waals surface area (Å²) in [6, 6.07) is 162. The number of hydrogen-bond donors (Lipinski definition) is 0. The molecule has 22 aromatic carbocycles. The number of furan rings is 3. The van der Waals surface area contributed by atoms with Crippen molar-refractivity contribution >= 4 is 162 Å². The Morgan fingerprint density at radius 1 is 0.141 bits per heavy atom. The van der Waals surface area contributed by atoms with Crippen LogP contribution in [0.15, 0.2) is 480 Å². The average molecular weight is 1830 g/mol. The monoisotopic (exact) mass is 1830 g/mol. The summed E-state index contributed by atoms with van der Waals surface area (Å²) in [4.78, 5) is 45.4. The van der Waals surface area contributed by atoms with E-state index < -0.39 is 0 Å². The Labute approximate surface area is 817 Å². The summed E-state index contributed by atoms with van der Waals surface area (Å²) in [6.45, 7) is 0. The minimum absolute atomic E-state index is 0.628. The zero-order chi connectivity index (χ0) is 93.7. The Kier molecular flexibility index (Phi) is 20.2. The highest BCUT2D eigenvalue weighted by atomic mass is 32.1. The number of benzene rings is 22. The molecule has 29 aromatic rings. The molecule has 662 valence electrons. The molecule has 0 amide bonds. The number of fused-ring (bicyclic) bond motifs is 22. The third-order valence-corrected chi connectivity index (χ3v) is 28.4. The lowest BCUT2D eigenvalue weighted by molar-refractivity contribution is 0.672. The summed E-state index contributed by atoms with van der Waals surface area (Å²) in [7, 11) is 0. The lowest BCUT2D eigenvalue weighted by atomic mass is 9.95. The summed E-state index contributed by atoms with van der Waals surface area (Å²) in [5.41, 5.74) is 20.7. The molecule has 0 atom stereocenters. The van der Waals surface area contributed by atoms with E-state index in [1.807, 2.05) is 127 Å². The summed E-state index contributed by atoms with van der Waals surface area (Å²) >= 11 is 1.78. The van der Waals surface area contributed by atoms with Gasteiger partial charge in [-0.1, -0.05) is 382 Å². The van der Waals surface area contributed by atoms with Gasteiger partial charge in [0.05, 0.1) is 0 Å².